The summed E-state index contributed by atoms with van der Waals surface area (Å²) in [5.41, 5.74) is 3.18. The summed E-state index contributed by atoms with van der Waals surface area (Å²) < 4.78 is 10.3. The van der Waals surface area contributed by atoms with E-state index in [2.05, 4.69) is 10.3 Å². The van der Waals surface area contributed by atoms with Crippen molar-refractivity contribution in [1.29, 1.82) is 0 Å². The van der Waals surface area contributed by atoms with E-state index < -0.39 is 18.5 Å². The van der Waals surface area contributed by atoms with Crippen LogP contribution in [0, 0.1) is 6.92 Å². The number of carbonyl (C=O) groups is 2. The number of amides is 1. The number of nitrogens with zero attached hydrogens (tertiary/aromatic N) is 1. The Balaban J connectivity index is 1.45. The Kier molecular flexibility index (Phi) is 6.19. The van der Waals surface area contributed by atoms with Crippen LogP contribution in [0.15, 0.2) is 24.4 Å². The van der Waals surface area contributed by atoms with Crippen LogP contribution in [0.2, 0.25) is 10.0 Å². The lowest BCUT2D eigenvalue weighted by atomic mass is 10.1. The van der Waals surface area contributed by atoms with E-state index in [9.17, 15) is 9.59 Å². The van der Waals surface area contributed by atoms with Crippen LogP contribution in [0.4, 0.5) is 5.82 Å². The molecule has 2 aromatic rings. The zero-order valence-electron chi connectivity index (χ0n) is 14.7. The Morgan fingerprint density at radius 2 is 1.96 bits per heavy atom. The number of halogens is 2. The quantitative estimate of drug-likeness (QED) is 0.736. The van der Waals surface area contributed by atoms with Gasteiger partial charge in [0.05, 0.1) is 10.0 Å². The molecular formula is C19H18Cl2N2O4. The molecule has 0 atom stereocenters. The number of benzene rings is 1. The minimum absolute atomic E-state index is 0.161. The standard InChI is InChI=1S/C19H18Cl2N2O4/c1-11-15(20)8-22-19(18(11)21)23-16(24)9-27-17(25)10-26-14-6-5-12-3-2-4-13(12)7-14/h5-8H,2-4,9-10H2,1H3,(H,22,23,24). The highest BCUT2D eigenvalue weighted by Gasteiger charge is 2.15. The first kappa shape index (κ1) is 19.5. The van der Waals surface area contributed by atoms with Crippen molar-refractivity contribution in [3.05, 3.63) is 51.1 Å². The van der Waals surface area contributed by atoms with Crippen LogP contribution in [-0.4, -0.2) is 30.1 Å². The smallest absolute Gasteiger partial charge is 0.344 e. The molecule has 1 N–H and O–H groups in total. The summed E-state index contributed by atoms with van der Waals surface area (Å²) in [6.45, 7) is 0.968. The molecule has 1 amide bonds. The summed E-state index contributed by atoms with van der Waals surface area (Å²) in [6, 6.07) is 5.79. The number of aromatic nitrogens is 1. The van der Waals surface area contributed by atoms with E-state index in [0.29, 0.717) is 16.3 Å². The molecule has 3 rings (SSSR count). The third-order valence-electron chi connectivity index (χ3n) is 4.25. The van der Waals surface area contributed by atoms with Crippen molar-refractivity contribution in [3.8, 4) is 5.75 Å². The largest absolute Gasteiger partial charge is 0.482 e. The number of carbonyl (C=O) groups excluding carboxylic acids is 2. The van der Waals surface area contributed by atoms with Crippen molar-refractivity contribution in [2.75, 3.05) is 18.5 Å². The average Bonchev–Trinajstić information content (AvgIpc) is 3.13. The number of pyridine rings is 1. The molecule has 0 fully saturated rings. The summed E-state index contributed by atoms with van der Waals surface area (Å²) in [5.74, 6) is -0.423. The van der Waals surface area contributed by atoms with Gasteiger partial charge in [0.2, 0.25) is 0 Å². The number of esters is 1. The third kappa shape index (κ3) is 4.90. The maximum atomic E-state index is 11.9. The zero-order valence-corrected chi connectivity index (χ0v) is 16.2. The van der Waals surface area contributed by atoms with Crippen molar-refractivity contribution in [1.82, 2.24) is 4.98 Å². The predicted octanol–water partition coefficient (Wildman–Crippen LogP) is 3.75. The molecule has 27 heavy (non-hydrogen) atoms. The highest BCUT2D eigenvalue weighted by atomic mass is 35.5. The second kappa shape index (κ2) is 8.59. The second-order valence-corrected chi connectivity index (χ2v) is 6.96. The molecule has 0 unspecified atom stereocenters. The maximum absolute atomic E-state index is 11.9. The average molecular weight is 409 g/mol. The van der Waals surface area contributed by atoms with Crippen LogP contribution in [0.1, 0.15) is 23.1 Å². The number of ether oxygens (including phenoxy) is 2. The van der Waals surface area contributed by atoms with Gasteiger partial charge in [-0.2, -0.15) is 0 Å². The Morgan fingerprint density at radius 3 is 2.78 bits per heavy atom. The molecule has 1 heterocycles. The second-order valence-electron chi connectivity index (χ2n) is 6.18. The molecule has 0 saturated carbocycles. The van der Waals surface area contributed by atoms with Gasteiger partial charge < -0.3 is 14.8 Å². The van der Waals surface area contributed by atoms with Crippen molar-refractivity contribution in [2.24, 2.45) is 0 Å². The number of rotatable bonds is 6. The Bertz CT molecular complexity index is 886. The fraction of sp³-hybridized carbons (Fsp3) is 0.316. The van der Waals surface area contributed by atoms with Crippen molar-refractivity contribution < 1.29 is 19.1 Å². The first-order chi connectivity index (χ1) is 12.9. The van der Waals surface area contributed by atoms with E-state index in [1.54, 1.807) is 6.92 Å². The van der Waals surface area contributed by atoms with Crippen molar-refractivity contribution in [2.45, 2.75) is 26.2 Å². The number of hydrogen-bond donors (Lipinski definition) is 1. The molecule has 0 radical (unpaired) electrons. The Labute approximate surface area is 166 Å². The van der Waals surface area contributed by atoms with E-state index >= 15 is 0 Å². The summed E-state index contributed by atoms with van der Waals surface area (Å²) in [4.78, 5) is 27.6. The Morgan fingerprint density at radius 1 is 1.19 bits per heavy atom. The van der Waals surface area contributed by atoms with Gasteiger partial charge in [-0.3, -0.25) is 4.79 Å². The van der Waals surface area contributed by atoms with Gasteiger partial charge in [-0.1, -0.05) is 29.3 Å². The van der Waals surface area contributed by atoms with Crippen molar-refractivity contribution >= 4 is 40.9 Å². The summed E-state index contributed by atoms with van der Waals surface area (Å²) in [5, 5.41) is 3.11. The van der Waals surface area contributed by atoms with E-state index in [4.69, 9.17) is 32.7 Å². The molecule has 0 spiro atoms. The Hall–Kier alpha value is -2.31. The van der Waals surface area contributed by atoms with E-state index in [0.717, 1.165) is 19.3 Å². The molecule has 1 aromatic carbocycles. The van der Waals surface area contributed by atoms with Gasteiger partial charge in [0.25, 0.3) is 5.91 Å². The minimum atomic E-state index is -0.642. The fourth-order valence-corrected chi connectivity index (χ4v) is 3.17. The molecule has 8 heteroatoms. The highest BCUT2D eigenvalue weighted by molar-refractivity contribution is 6.37. The fourth-order valence-electron chi connectivity index (χ4n) is 2.78. The molecule has 1 aromatic heterocycles. The molecule has 1 aliphatic carbocycles. The summed E-state index contributed by atoms with van der Waals surface area (Å²) in [7, 11) is 0. The lowest BCUT2D eigenvalue weighted by molar-refractivity contribution is -0.149. The lowest BCUT2D eigenvalue weighted by Crippen LogP contribution is -2.24. The molecular weight excluding hydrogens is 391 g/mol. The molecule has 0 saturated heterocycles. The topological polar surface area (TPSA) is 77.5 Å². The first-order valence-corrected chi connectivity index (χ1v) is 9.20. The van der Waals surface area contributed by atoms with Gasteiger partial charge in [-0.15, -0.1) is 0 Å². The number of anilines is 1. The first-order valence-electron chi connectivity index (χ1n) is 8.44. The molecule has 1 aliphatic rings. The highest BCUT2D eigenvalue weighted by Crippen LogP contribution is 2.28. The number of hydrogen-bond acceptors (Lipinski definition) is 5. The van der Waals surface area contributed by atoms with Gasteiger partial charge >= 0.3 is 5.97 Å². The summed E-state index contributed by atoms with van der Waals surface area (Å²) >= 11 is 12.0. The SMILES string of the molecule is Cc1c(Cl)cnc(NC(=O)COC(=O)COc2ccc3c(c2)CCC3)c1Cl. The van der Waals surface area contributed by atoms with Gasteiger partial charge in [-0.05, 0) is 55.0 Å². The van der Waals surface area contributed by atoms with E-state index in [-0.39, 0.29) is 17.4 Å². The predicted molar refractivity (Wildman–Crippen MR) is 103 cm³/mol. The third-order valence-corrected chi connectivity index (χ3v) is 5.09. The number of aryl methyl sites for hydroxylation is 2. The normalized spacial score (nSPS) is 12.4. The monoisotopic (exact) mass is 408 g/mol. The van der Waals surface area contributed by atoms with Crippen LogP contribution < -0.4 is 10.1 Å². The van der Waals surface area contributed by atoms with Gasteiger partial charge in [-0.25, -0.2) is 9.78 Å². The van der Waals surface area contributed by atoms with E-state index in [1.165, 1.54) is 17.3 Å². The molecule has 0 bridgehead atoms. The van der Waals surface area contributed by atoms with Crippen molar-refractivity contribution in [3.63, 3.8) is 0 Å². The lowest BCUT2D eigenvalue weighted by Gasteiger charge is -2.10. The van der Waals surface area contributed by atoms with Gasteiger partial charge in [0.15, 0.2) is 19.0 Å². The summed E-state index contributed by atoms with van der Waals surface area (Å²) in [6.07, 6.45) is 4.63. The van der Waals surface area contributed by atoms with Gasteiger partial charge in [0.1, 0.15) is 5.75 Å². The minimum Gasteiger partial charge on any atom is -0.482 e. The number of fused-ring (bicyclic) bond motifs is 1. The maximum Gasteiger partial charge on any atom is 0.344 e. The van der Waals surface area contributed by atoms with Crippen LogP contribution >= 0.6 is 23.2 Å². The molecule has 142 valence electrons. The van der Waals surface area contributed by atoms with Crippen LogP contribution in [-0.2, 0) is 27.2 Å². The van der Waals surface area contributed by atoms with Gasteiger partial charge in [0, 0.05) is 6.20 Å². The molecule has 6 nitrogen and oxygen atoms in total. The van der Waals surface area contributed by atoms with Crippen LogP contribution in [0.5, 0.6) is 5.75 Å². The molecule has 0 aliphatic heterocycles. The zero-order chi connectivity index (χ0) is 19.4. The number of nitrogens with one attached hydrogen (secondary N) is 1. The van der Waals surface area contributed by atoms with Crippen LogP contribution in [0.25, 0.3) is 0 Å². The van der Waals surface area contributed by atoms with E-state index in [1.807, 2.05) is 18.2 Å². The van der Waals surface area contributed by atoms with Crippen LogP contribution in [0.3, 0.4) is 0 Å².